The summed E-state index contributed by atoms with van der Waals surface area (Å²) < 4.78 is 14.0. The van der Waals surface area contributed by atoms with Gasteiger partial charge in [-0.05, 0) is 37.0 Å². The van der Waals surface area contributed by atoms with E-state index in [0.29, 0.717) is 30.1 Å². The molecule has 2 rings (SSSR count). The molecule has 1 N–H and O–H groups in total. The largest absolute Gasteiger partial charge is 0.481 e. The van der Waals surface area contributed by atoms with E-state index in [1.807, 2.05) is 11.8 Å². The van der Waals surface area contributed by atoms with E-state index in [0.717, 1.165) is 12.1 Å². The molecule has 0 spiro atoms. The van der Waals surface area contributed by atoms with Gasteiger partial charge in [0.1, 0.15) is 5.82 Å². The van der Waals surface area contributed by atoms with Crippen molar-refractivity contribution in [1.29, 1.82) is 0 Å². The molecule has 0 aromatic heterocycles. The maximum atomic E-state index is 14.0. The predicted octanol–water partition coefficient (Wildman–Crippen LogP) is 3.33. The Kier molecular flexibility index (Phi) is 4.66. The lowest BCUT2D eigenvalue weighted by Crippen LogP contribution is -2.42. The van der Waals surface area contributed by atoms with Crippen molar-refractivity contribution in [3.05, 3.63) is 34.1 Å². The number of benzene rings is 1. The van der Waals surface area contributed by atoms with Gasteiger partial charge >= 0.3 is 5.97 Å². The minimum absolute atomic E-state index is 0.289. The summed E-state index contributed by atoms with van der Waals surface area (Å²) in [7, 11) is 0. The Morgan fingerprint density at radius 3 is 2.80 bits per heavy atom. The number of halogens is 2. The Bertz CT molecular complexity index is 498. The topological polar surface area (TPSA) is 40.5 Å². The van der Waals surface area contributed by atoms with E-state index in [9.17, 15) is 9.18 Å². The molecule has 0 radical (unpaired) electrons. The molecule has 1 aromatic rings. The molecule has 0 amide bonds. The van der Waals surface area contributed by atoms with Crippen LogP contribution >= 0.6 is 11.6 Å². The smallest absolute Gasteiger partial charge is 0.307 e. The van der Waals surface area contributed by atoms with E-state index < -0.39 is 5.97 Å². The third-order valence-electron chi connectivity index (χ3n) is 3.75. The second-order valence-corrected chi connectivity index (χ2v) is 6.18. The Labute approximate surface area is 123 Å². The maximum absolute atomic E-state index is 14.0. The molecular weight excluding hydrogens is 281 g/mol. The highest BCUT2D eigenvalue weighted by Gasteiger charge is 2.30. The predicted molar refractivity (Wildman–Crippen MR) is 76.3 cm³/mol. The fourth-order valence-electron chi connectivity index (χ4n) is 2.87. The van der Waals surface area contributed by atoms with Crippen molar-refractivity contribution in [2.75, 3.05) is 13.1 Å². The first kappa shape index (κ1) is 15.3. The fraction of sp³-hybridized carbons (Fsp3) is 0.533. The number of hydrogen-bond acceptors (Lipinski definition) is 2. The van der Waals surface area contributed by atoms with Crippen LogP contribution in [0.2, 0.25) is 5.02 Å². The van der Waals surface area contributed by atoms with Crippen LogP contribution in [0.25, 0.3) is 0 Å². The lowest BCUT2D eigenvalue weighted by atomic mass is 9.90. The van der Waals surface area contributed by atoms with Crippen LogP contribution in [0.1, 0.15) is 24.5 Å². The first-order valence-electron chi connectivity index (χ1n) is 6.76. The maximum Gasteiger partial charge on any atom is 0.307 e. The van der Waals surface area contributed by atoms with Crippen LogP contribution in [-0.2, 0) is 11.3 Å². The van der Waals surface area contributed by atoms with E-state index >= 15 is 0 Å². The first-order chi connectivity index (χ1) is 9.36. The number of nitrogens with zero attached hydrogens (tertiary/aromatic N) is 1. The molecule has 0 aliphatic carbocycles. The van der Waals surface area contributed by atoms with E-state index in [1.54, 1.807) is 13.0 Å². The summed E-state index contributed by atoms with van der Waals surface area (Å²) in [5.41, 5.74) is 1.24. The monoisotopic (exact) mass is 299 g/mol. The SMILES string of the molecule is Cc1cc(F)c(CN2CC(C)CC(C(=O)O)C2)c(Cl)c1. The van der Waals surface area contributed by atoms with Gasteiger partial charge in [-0.1, -0.05) is 18.5 Å². The summed E-state index contributed by atoms with van der Waals surface area (Å²) in [6, 6.07) is 3.20. The van der Waals surface area contributed by atoms with Gasteiger partial charge in [0.25, 0.3) is 0 Å². The zero-order valence-electron chi connectivity index (χ0n) is 11.7. The lowest BCUT2D eigenvalue weighted by molar-refractivity contribution is -0.144. The van der Waals surface area contributed by atoms with Crippen LogP contribution in [0, 0.1) is 24.6 Å². The molecule has 5 heteroatoms. The minimum atomic E-state index is -0.781. The molecular formula is C15H19ClFNO2. The molecule has 110 valence electrons. The van der Waals surface area contributed by atoms with Crippen molar-refractivity contribution >= 4 is 17.6 Å². The molecule has 1 aliphatic heterocycles. The van der Waals surface area contributed by atoms with Crippen molar-refractivity contribution in [3.8, 4) is 0 Å². The minimum Gasteiger partial charge on any atom is -0.481 e. The number of carboxylic acid groups (broad SMARTS) is 1. The van der Waals surface area contributed by atoms with E-state index in [1.165, 1.54) is 6.07 Å². The van der Waals surface area contributed by atoms with Gasteiger partial charge in [-0.25, -0.2) is 4.39 Å². The summed E-state index contributed by atoms with van der Waals surface area (Å²) in [5.74, 6) is -1.19. The van der Waals surface area contributed by atoms with Crippen molar-refractivity contribution < 1.29 is 14.3 Å². The summed E-state index contributed by atoms with van der Waals surface area (Å²) >= 11 is 6.11. The van der Waals surface area contributed by atoms with Gasteiger partial charge in [0.2, 0.25) is 0 Å². The fourth-order valence-corrected chi connectivity index (χ4v) is 3.20. The second kappa shape index (κ2) is 6.10. The Morgan fingerprint density at radius 1 is 1.50 bits per heavy atom. The number of carboxylic acids is 1. The zero-order chi connectivity index (χ0) is 14.9. The number of likely N-dealkylation sites (tertiary alicyclic amines) is 1. The van der Waals surface area contributed by atoms with Crippen LogP contribution in [-0.4, -0.2) is 29.1 Å². The zero-order valence-corrected chi connectivity index (χ0v) is 12.5. The quantitative estimate of drug-likeness (QED) is 0.930. The second-order valence-electron chi connectivity index (χ2n) is 5.78. The highest BCUT2D eigenvalue weighted by molar-refractivity contribution is 6.31. The average molecular weight is 300 g/mol. The van der Waals surface area contributed by atoms with Gasteiger partial charge in [0.15, 0.2) is 0 Å². The van der Waals surface area contributed by atoms with Crippen molar-refractivity contribution in [1.82, 2.24) is 4.90 Å². The summed E-state index contributed by atoms with van der Waals surface area (Å²) in [4.78, 5) is 13.1. The summed E-state index contributed by atoms with van der Waals surface area (Å²) in [6.45, 7) is 5.40. The van der Waals surface area contributed by atoms with Gasteiger partial charge in [-0.2, -0.15) is 0 Å². The third-order valence-corrected chi connectivity index (χ3v) is 4.09. The van der Waals surface area contributed by atoms with Crippen molar-refractivity contribution in [3.63, 3.8) is 0 Å². The molecule has 0 saturated carbocycles. The van der Waals surface area contributed by atoms with Crippen LogP contribution in [0.15, 0.2) is 12.1 Å². The first-order valence-corrected chi connectivity index (χ1v) is 7.14. The van der Waals surface area contributed by atoms with Crippen LogP contribution in [0.5, 0.6) is 0 Å². The van der Waals surface area contributed by atoms with Crippen molar-refractivity contribution in [2.45, 2.75) is 26.8 Å². The van der Waals surface area contributed by atoms with Crippen LogP contribution in [0.4, 0.5) is 4.39 Å². The number of hydrogen-bond donors (Lipinski definition) is 1. The van der Waals surface area contributed by atoms with Gasteiger partial charge in [-0.3, -0.25) is 9.69 Å². The molecule has 1 fully saturated rings. The molecule has 3 nitrogen and oxygen atoms in total. The molecule has 0 bridgehead atoms. The van der Waals surface area contributed by atoms with Gasteiger partial charge in [0.05, 0.1) is 5.92 Å². The number of carbonyl (C=O) groups is 1. The van der Waals surface area contributed by atoms with Gasteiger partial charge in [0, 0.05) is 30.2 Å². The summed E-state index contributed by atoms with van der Waals surface area (Å²) in [5, 5.41) is 9.57. The Balaban J connectivity index is 2.15. The molecule has 1 aromatic carbocycles. The standard InChI is InChI=1S/C15H19ClFNO2/c1-9-4-13(16)12(14(17)5-9)8-18-6-10(2)3-11(7-18)15(19)20/h4-5,10-11H,3,6-8H2,1-2H3,(H,19,20). The number of aliphatic carboxylic acids is 1. The molecule has 1 aliphatic rings. The molecule has 1 heterocycles. The molecule has 2 unspecified atom stereocenters. The van der Waals surface area contributed by atoms with E-state index in [2.05, 4.69) is 0 Å². The highest BCUT2D eigenvalue weighted by atomic mass is 35.5. The van der Waals surface area contributed by atoms with Crippen LogP contribution < -0.4 is 0 Å². The van der Waals surface area contributed by atoms with Gasteiger partial charge in [-0.15, -0.1) is 0 Å². The Hall–Kier alpha value is -1.13. The molecule has 2 atom stereocenters. The van der Waals surface area contributed by atoms with E-state index in [4.69, 9.17) is 16.7 Å². The highest BCUT2D eigenvalue weighted by Crippen LogP contribution is 2.27. The average Bonchev–Trinajstić information content (AvgIpc) is 2.33. The molecule has 20 heavy (non-hydrogen) atoms. The normalized spacial score (nSPS) is 23.8. The van der Waals surface area contributed by atoms with E-state index in [-0.39, 0.29) is 17.7 Å². The molecule has 1 saturated heterocycles. The van der Waals surface area contributed by atoms with Crippen LogP contribution in [0.3, 0.4) is 0 Å². The lowest BCUT2D eigenvalue weighted by Gasteiger charge is -2.34. The number of rotatable bonds is 3. The third kappa shape index (κ3) is 3.49. The van der Waals surface area contributed by atoms with Crippen molar-refractivity contribution in [2.24, 2.45) is 11.8 Å². The number of aryl methyl sites for hydroxylation is 1. The Morgan fingerprint density at radius 2 is 2.20 bits per heavy atom. The number of piperidine rings is 1. The summed E-state index contributed by atoms with van der Waals surface area (Å²) in [6.07, 6.45) is 0.677. The van der Waals surface area contributed by atoms with Gasteiger partial charge < -0.3 is 5.11 Å².